The van der Waals surface area contributed by atoms with Crippen LogP contribution in [0.4, 0.5) is 4.79 Å². The van der Waals surface area contributed by atoms with Gasteiger partial charge in [0.05, 0.1) is 12.0 Å². The van der Waals surface area contributed by atoms with Crippen molar-refractivity contribution in [2.75, 3.05) is 7.05 Å². The molecule has 0 aliphatic heterocycles. The van der Waals surface area contributed by atoms with Gasteiger partial charge in [0.25, 0.3) is 0 Å². The summed E-state index contributed by atoms with van der Waals surface area (Å²) in [5.74, 6) is -0.836. The first kappa shape index (κ1) is 15.8. The first-order valence-corrected chi connectivity index (χ1v) is 6.94. The summed E-state index contributed by atoms with van der Waals surface area (Å²) in [7, 11) is 1.72. The third-order valence-electron chi connectivity index (χ3n) is 3.76. The Hall–Kier alpha value is -1.26. The van der Waals surface area contributed by atoms with E-state index in [2.05, 4.69) is 5.32 Å². The van der Waals surface area contributed by atoms with E-state index in [0.717, 1.165) is 32.1 Å². The molecule has 2 N–H and O–H groups in total. The van der Waals surface area contributed by atoms with Gasteiger partial charge in [-0.1, -0.05) is 19.3 Å². The largest absolute Gasteiger partial charge is 0.481 e. The lowest BCUT2D eigenvalue weighted by molar-refractivity contribution is -0.140. The first-order valence-electron chi connectivity index (χ1n) is 6.94. The summed E-state index contributed by atoms with van der Waals surface area (Å²) < 4.78 is 0. The lowest BCUT2D eigenvalue weighted by Crippen LogP contribution is -2.57. The summed E-state index contributed by atoms with van der Waals surface area (Å²) in [6.45, 7) is 5.76. The second-order valence-corrected chi connectivity index (χ2v) is 6.59. The number of carboxylic acid groups (broad SMARTS) is 1. The number of aliphatic carboxylic acids is 1. The van der Waals surface area contributed by atoms with Crippen LogP contribution < -0.4 is 5.32 Å². The highest BCUT2D eigenvalue weighted by Gasteiger charge is 2.41. The number of carbonyl (C=O) groups excluding carboxylic acids is 1. The molecule has 0 aromatic carbocycles. The summed E-state index contributed by atoms with van der Waals surface area (Å²) in [4.78, 5) is 25.0. The van der Waals surface area contributed by atoms with Gasteiger partial charge in [0.2, 0.25) is 0 Å². The quantitative estimate of drug-likeness (QED) is 0.828. The molecule has 110 valence electrons. The number of hydrogen-bond donors (Lipinski definition) is 2. The van der Waals surface area contributed by atoms with Gasteiger partial charge in [0.15, 0.2) is 0 Å². The fourth-order valence-corrected chi connectivity index (χ4v) is 2.74. The molecule has 5 nitrogen and oxygen atoms in total. The second-order valence-electron chi connectivity index (χ2n) is 6.59. The maximum absolute atomic E-state index is 12.3. The number of urea groups is 1. The van der Waals surface area contributed by atoms with Crippen molar-refractivity contribution in [3.05, 3.63) is 0 Å². The van der Waals surface area contributed by atoms with Gasteiger partial charge in [0, 0.05) is 12.6 Å². The SMILES string of the molecule is CN(C(=O)NC(C)(C)C)C1(CC(=O)O)CCCCC1. The van der Waals surface area contributed by atoms with Crippen LogP contribution in [-0.4, -0.2) is 40.1 Å². The molecule has 1 rings (SSSR count). The van der Waals surface area contributed by atoms with Crippen LogP contribution in [0.3, 0.4) is 0 Å². The first-order chi connectivity index (χ1) is 8.66. The molecule has 0 atom stereocenters. The fourth-order valence-electron chi connectivity index (χ4n) is 2.74. The molecular formula is C14H26N2O3. The Labute approximate surface area is 115 Å². The van der Waals surface area contributed by atoms with Crippen LogP contribution >= 0.6 is 0 Å². The van der Waals surface area contributed by atoms with Gasteiger partial charge >= 0.3 is 12.0 Å². The van der Waals surface area contributed by atoms with Crippen molar-refractivity contribution in [1.82, 2.24) is 10.2 Å². The van der Waals surface area contributed by atoms with Gasteiger partial charge in [-0.05, 0) is 33.6 Å². The Morgan fingerprint density at radius 1 is 1.21 bits per heavy atom. The third kappa shape index (κ3) is 4.40. The van der Waals surface area contributed by atoms with Crippen molar-refractivity contribution < 1.29 is 14.7 Å². The minimum atomic E-state index is -0.836. The van der Waals surface area contributed by atoms with Crippen LogP contribution in [0.15, 0.2) is 0 Å². The highest BCUT2D eigenvalue weighted by Crippen LogP contribution is 2.36. The van der Waals surface area contributed by atoms with Crippen LogP contribution in [0, 0.1) is 0 Å². The van der Waals surface area contributed by atoms with Gasteiger partial charge in [-0.15, -0.1) is 0 Å². The summed E-state index contributed by atoms with van der Waals surface area (Å²) in [6, 6.07) is -0.185. The van der Waals surface area contributed by atoms with E-state index in [1.165, 1.54) is 0 Å². The van der Waals surface area contributed by atoms with Crippen molar-refractivity contribution in [2.24, 2.45) is 0 Å². The van der Waals surface area contributed by atoms with E-state index in [-0.39, 0.29) is 18.0 Å². The lowest BCUT2D eigenvalue weighted by atomic mass is 9.78. The maximum atomic E-state index is 12.3. The Morgan fingerprint density at radius 3 is 2.16 bits per heavy atom. The van der Waals surface area contributed by atoms with Crippen LogP contribution in [0.5, 0.6) is 0 Å². The zero-order chi connectivity index (χ0) is 14.7. The Morgan fingerprint density at radius 2 is 1.74 bits per heavy atom. The van der Waals surface area contributed by atoms with E-state index in [1.54, 1.807) is 11.9 Å². The predicted octanol–water partition coefficient (Wildman–Crippen LogP) is 2.60. The molecule has 1 aliphatic carbocycles. The molecule has 0 spiro atoms. The van der Waals surface area contributed by atoms with Crippen LogP contribution in [0.25, 0.3) is 0 Å². The van der Waals surface area contributed by atoms with Gasteiger partial charge in [0.1, 0.15) is 0 Å². The van der Waals surface area contributed by atoms with Crippen LogP contribution in [0.1, 0.15) is 59.3 Å². The molecule has 1 saturated carbocycles. The highest BCUT2D eigenvalue weighted by molar-refractivity contribution is 5.77. The number of nitrogens with zero attached hydrogens (tertiary/aromatic N) is 1. The smallest absolute Gasteiger partial charge is 0.318 e. The standard InChI is InChI=1S/C14H26N2O3/c1-13(2,3)15-12(19)16(4)14(10-11(17)18)8-6-5-7-9-14/h5-10H2,1-4H3,(H,15,19)(H,17,18). The van der Waals surface area contributed by atoms with E-state index >= 15 is 0 Å². The number of carbonyl (C=O) groups is 2. The van der Waals surface area contributed by atoms with Gasteiger partial charge in [-0.3, -0.25) is 4.79 Å². The normalized spacial score (nSPS) is 18.7. The number of hydrogen-bond acceptors (Lipinski definition) is 2. The molecule has 1 aliphatic rings. The summed E-state index contributed by atoms with van der Waals surface area (Å²) in [5, 5.41) is 12.0. The van der Waals surface area contributed by atoms with Gasteiger partial charge in [-0.25, -0.2) is 4.79 Å². The van der Waals surface area contributed by atoms with Crippen LogP contribution in [-0.2, 0) is 4.79 Å². The fraction of sp³-hybridized carbons (Fsp3) is 0.857. The zero-order valence-electron chi connectivity index (χ0n) is 12.5. The molecule has 0 heterocycles. The number of amides is 2. The number of nitrogens with one attached hydrogen (secondary N) is 1. The predicted molar refractivity (Wildman–Crippen MR) is 74.1 cm³/mol. The molecule has 0 saturated heterocycles. The van der Waals surface area contributed by atoms with E-state index in [0.29, 0.717) is 0 Å². The van der Waals surface area contributed by atoms with Crippen LogP contribution in [0.2, 0.25) is 0 Å². The summed E-state index contributed by atoms with van der Waals surface area (Å²) in [6.07, 6.45) is 4.67. The molecule has 5 heteroatoms. The van der Waals surface area contributed by atoms with E-state index in [1.807, 2.05) is 20.8 Å². The topological polar surface area (TPSA) is 69.6 Å². The number of rotatable bonds is 3. The van der Waals surface area contributed by atoms with Crippen molar-refractivity contribution in [3.8, 4) is 0 Å². The molecule has 0 bridgehead atoms. The molecule has 0 aromatic heterocycles. The minimum Gasteiger partial charge on any atom is -0.481 e. The third-order valence-corrected chi connectivity index (χ3v) is 3.76. The highest BCUT2D eigenvalue weighted by atomic mass is 16.4. The Kier molecular flexibility index (Phi) is 4.82. The van der Waals surface area contributed by atoms with Gasteiger partial charge in [-0.2, -0.15) is 0 Å². The Balaban J connectivity index is 2.84. The zero-order valence-corrected chi connectivity index (χ0v) is 12.5. The number of carboxylic acids is 1. The lowest BCUT2D eigenvalue weighted by Gasteiger charge is -2.44. The van der Waals surface area contributed by atoms with Crippen molar-refractivity contribution in [1.29, 1.82) is 0 Å². The van der Waals surface area contributed by atoms with Crippen molar-refractivity contribution in [3.63, 3.8) is 0 Å². The maximum Gasteiger partial charge on any atom is 0.318 e. The van der Waals surface area contributed by atoms with E-state index < -0.39 is 11.5 Å². The summed E-state index contributed by atoms with van der Waals surface area (Å²) >= 11 is 0. The average molecular weight is 270 g/mol. The van der Waals surface area contributed by atoms with Crippen molar-refractivity contribution in [2.45, 2.75) is 70.4 Å². The molecule has 1 fully saturated rings. The van der Waals surface area contributed by atoms with E-state index in [4.69, 9.17) is 5.11 Å². The molecule has 0 radical (unpaired) electrons. The Bertz CT molecular complexity index is 341. The molecule has 2 amide bonds. The van der Waals surface area contributed by atoms with Crippen molar-refractivity contribution >= 4 is 12.0 Å². The molecular weight excluding hydrogens is 244 g/mol. The monoisotopic (exact) mass is 270 g/mol. The molecule has 0 unspecified atom stereocenters. The molecule has 0 aromatic rings. The summed E-state index contributed by atoms with van der Waals surface area (Å²) in [5.41, 5.74) is -0.843. The molecule has 19 heavy (non-hydrogen) atoms. The average Bonchev–Trinajstić information content (AvgIpc) is 2.26. The minimum absolute atomic E-state index is 0.0288. The second kappa shape index (κ2) is 5.80. The van der Waals surface area contributed by atoms with E-state index in [9.17, 15) is 9.59 Å². The van der Waals surface area contributed by atoms with Gasteiger partial charge < -0.3 is 15.3 Å².